The highest BCUT2D eigenvalue weighted by atomic mass is 16.5. The monoisotopic (exact) mass is 385 g/mol. The van der Waals surface area contributed by atoms with Crippen LogP contribution >= 0.6 is 0 Å². The minimum atomic E-state index is -0.583. The van der Waals surface area contributed by atoms with Crippen molar-refractivity contribution in [2.45, 2.75) is 40.7 Å². The Kier molecular flexibility index (Phi) is 9.31. The van der Waals surface area contributed by atoms with E-state index in [2.05, 4.69) is 16.3 Å². The van der Waals surface area contributed by atoms with Crippen molar-refractivity contribution < 1.29 is 19.4 Å². The molecule has 0 bridgehead atoms. The molecule has 0 spiro atoms. The number of rotatable bonds is 5. The molecule has 1 aromatic rings. The van der Waals surface area contributed by atoms with E-state index in [1.54, 1.807) is 32.9 Å². The van der Waals surface area contributed by atoms with Crippen molar-refractivity contribution in [3.05, 3.63) is 41.1 Å². The molecule has 7 heteroatoms. The van der Waals surface area contributed by atoms with E-state index in [-0.39, 0.29) is 24.6 Å². The molecule has 0 atom stereocenters. The highest BCUT2D eigenvalue weighted by Gasteiger charge is 2.29. The quantitative estimate of drug-likeness (QED) is 0.462. The second-order valence-electron chi connectivity index (χ2n) is 6.00. The number of nitrogens with one attached hydrogen (secondary N) is 1. The first-order chi connectivity index (χ1) is 13.3. The fourth-order valence-electron chi connectivity index (χ4n) is 2.38. The Bertz CT molecular complexity index is 802. The lowest BCUT2D eigenvalue weighted by molar-refractivity contribution is -0.143. The molecule has 2 N–H and O–H groups in total. The van der Waals surface area contributed by atoms with E-state index in [9.17, 15) is 14.7 Å². The van der Waals surface area contributed by atoms with Gasteiger partial charge in [0.1, 0.15) is 6.54 Å². The average Bonchev–Trinajstić information content (AvgIpc) is 2.66. The van der Waals surface area contributed by atoms with Crippen LogP contribution in [-0.4, -0.2) is 40.9 Å². The summed E-state index contributed by atoms with van der Waals surface area (Å²) < 4.78 is 4.78. The summed E-state index contributed by atoms with van der Waals surface area (Å²) in [6, 6.07) is 7.25. The highest BCUT2D eigenvalue weighted by molar-refractivity contribution is 6.01. The maximum atomic E-state index is 12.5. The standard InChI is InChI=1S/C17H21N3O4.C4H6/c1-4-24-14(21)9-18-17(23)15-16(22)13-8-6-5-7-12(13)10-20(15)19-11(2)3;1-3-4-2/h5-8,22H,4,9-10H2,1-3H3,(H,18,23);1H,4H2,2H3. The lowest BCUT2D eigenvalue weighted by atomic mass is 10.0. The van der Waals surface area contributed by atoms with Crippen LogP contribution in [0.3, 0.4) is 0 Å². The van der Waals surface area contributed by atoms with Gasteiger partial charge in [-0.2, -0.15) is 5.10 Å². The van der Waals surface area contributed by atoms with Gasteiger partial charge in [0.15, 0.2) is 11.5 Å². The molecule has 2 rings (SSSR count). The first-order valence-corrected chi connectivity index (χ1v) is 9.03. The molecule has 0 aliphatic carbocycles. The maximum Gasteiger partial charge on any atom is 0.325 e. The summed E-state index contributed by atoms with van der Waals surface area (Å²) in [5, 5.41) is 18.7. The van der Waals surface area contributed by atoms with Crippen molar-refractivity contribution in [2.75, 3.05) is 13.2 Å². The van der Waals surface area contributed by atoms with E-state index in [1.165, 1.54) is 5.01 Å². The zero-order valence-corrected chi connectivity index (χ0v) is 16.8. The molecular formula is C21H27N3O4. The fourth-order valence-corrected chi connectivity index (χ4v) is 2.38. The zero-order chi connectivity index (χ0) is 21.1. The summed E-state index contributed by atoms with van der Waals surface area (Å²) in [7, 11) is 0. The topological polar surface area (TPSA) is 91.2 Å². The van der Waals surface area contributed by atoms with Crippen LogP contribution in [0.1, 0.15) is 45.2 Å². The third-order valence-electron chi connectivity index (χ3n) is 3.51. The molecule has 0 unspecified atom stereocenters. The number of hydrogen-bond acceptors (Lipinski definition) is 6. The number of ether oxygens (including phenoxy) is 1. The summed E-state index contributed by atoms with van der Waals surface area (Å²) in [6.07, 6.45) is 5.62. The summed E-state index contributed by atoms with van der Waals surface area (Å²) in [5.41, 5.74) is 2.19. The number of carbonyl (C=O) groups excluding carboxylic acids is 2. The molecule has 1 amide bonds. The number of terminal acetylenes is 1. The van der Waals surface area contributed by atoms with Gasteiger partial charge in [-0.1, -0.05) is 31.2 Å². The first kappa shape index (κ1) is 22.8. The maximum absolute atomic E-state index is 12.5. The van der Waals surface area contributed by atoms with Gasteiger partial charge in [0.05, 0.1) is 13.2 Å². The van der Waals surface area contributed by atoms with Gasteiger partial charge in [-0.3, -0.25) is 14.6 Å². The molecule has 0 fully saturated rings. The van der Waals surface area contributed by atoms with Crippen LogP contribution in [0.4, 0.5) is 0 Å². The molecule has 0 saturated heterocycles. The van der Waals surface area contributed by atoms with E-state index in [0.717, 1.165) is 17.7 Å². The lowest BCUT2D eigenvalue weighted by Crippen LogP contribution is -2.38. The van der Waals surface area contributed by atoms with Crippen molar-refractivity contribution >= 4 is 23.3 Å². The molecule has 1 aliphatic heterocycles. The SMILES string of the molecule is C#CCC.CCOC(=O)CNC(=O)C1=C(O)c2ccccc2CN1N=C(C)C. The number of aliphatic hydroxyl groups is 1. The number of nitrogens with zero attached hydrogens (tertiary/aromatic N) is 2. The zero-order valence-electron chi connectivity index (χ0n) is 16.8. The average molecular weight is 385 g/mol. The van der Waals surface area contributed by atoms with Gasteiger partial charge in [-0.25, -0.2) is 0 Å². The fraction of sp³-hybridized carbons (Fsp3) is 0.381. The van der Waals surface area contributed by atoms with Gasteiger partial charge >= 0.3 is 5.97 Å². The first-order valence-electron chi connectivity index (χ1n) is 9.03. The third-order valence-corrected chi connectivity index (χ3v) is 3.51. The molecule has 28 heavy (non-hydrogen) atoms. The summed E-state index contributed by atoms with van der Waals surface area (Å²) >= 11 is 0. The van der Waals surface area contributed by atoms with Crippen LogP contribution in [0.15, 0.2) is 35.1 Å². The van der Waals surface area contributed by atoms with E-state index in [4.69, 9.17) is 11.2 Å². The molecule has 1 heterocycles. The van der Waals surface area contributed by atoms with Gasteiger partial charge in [-0.05, 0) is 26.3 Å². The molecule has 7 nitrogen and oxygen atoms in total. The normalized spacial score (nSPS) is 12.0. The molecule has 0 saturated carbocycles. The number of hydrogen-bond donors (Lipinski definition) is 2. The summed E-state index contributed by atoms with van der Waals surface area (Å²) in [5.74, 6) is 1.15. The Hall–Kier alpha value is -3.27. The molecule has 1 aromatic carbocycles. The number of esters is 1. The van der Waals surface area contributed by atoms with Crippen molar-refractivity contribution in [3.63, 3.8) is 0 Å². The molecule has 0 radical (unpaired) electrons. The van der Waals surface area contributed by atoms with Gasteiger partial charge in [-0.15, -0.1) is 12.3 Å². The Morgan fingerprint density at radius 2 is 1.96 bits per heavy atom. The second kappa shape index (κ2) is 11.4. The van der Waals surface area contributed by atoms with Crippen molar-refractivity contribution in [2.24, 2.45) is 5.10 Å². The van der Waals surface area contributed by atoms with E-state index >= 15 is 0 Å². The lowest BCUT2D eigenvalue weighted by Gasteiger charge is -2.28. The smallest absolute Gasteiger partial charge is 0.325 e. The van der Waals surface area contributed by atoms with Crippen LogP contribution < -0.4 is 5.32 Å². The third kappa shape index (κ3) is 6.47. The highest BCUT2D eigenvalue weighted by Crippen LogP contribution is 2.30. The van der Waals surface area contributed by atoms with Crippen LogP contribution in [0.2, 0.25) is 0 Å². The van der Waals surface area contributed by atoms with Crippen LogP contribution in [0.5, 0.6) is 0 Å². The second-order valence-corrected chi connectivity index (χ2v) is 6.00. The molecule has 1 aliphatic rings. The van der Waals surface area contributed by atoms with E-state index in [1.807, 2.05) is 19.1 Å². The Labute approximate surface area is 166 Å². The van der Waals surface area contributed by atoms with Gasteiger partial charge in [0, 0.05) is 17.7 Å². The molecule has 150 valence electrons. The molecule has 0 aromatic heterocycles. The van der Waals surface area contributed by atoms with Crippen LogP contribution in [0, 0.1) is 12.3 Å². The Morgan fingerprint density at radius 3 is 2.54 bits per heavy atom. The number of hydrazone groups is 1. The summed E-state index contributed by atoms with van der Waals surface area (Å²) in [4.78, 5) is 23.9. The summed E-state index contributed by atoms with van der Waals surface area (Å²) in [6.45, 7) is 7.55. The van der Waals surface area contributed by atoms with Crippen molar-refractivity contribution in [1.82, 2.24) is 10.3 Å². The number of amides is 1. The van der Waals surface area contributed by atoms with E-state index < -0.39 is 11.9 Å². The van der Waals surface area contributed by atoms with E-state index in [0.29, 0.717) is 12.1 Å². The number of aliphatic hydroxyl groups excluding tert-OH is 1. The van der Waals surface area contributed by atoms with Gasteiger partial charge < -0.3 is 15.2 Å². The predicted molar refractivity (Wildman–Crippen MR) is 109 cm³/mol. The van der Waals surface area contributed by atoms with Crippen molar-refractivity contribution in [1.29, 1.82) is 0 Å². The Balaban J connectivity index is 0.000000892. The number of carbonyl (C=O) groups is 2. The number of benzene rings is 1. The molecular weight excluding hydrogens is 358 g/mol. The van der Waals surface area contributed by atoms with Crippen LogP contribution in [-0.2, 0) is 20.9 Å². The van der Waals surface area contributed by atoms with Crippen LogP contribution in [0.25, 0.3) is 5.76 Å². The Morgan fingerprint density at radius 1 is 1.32 bits per heavy atom. The number of fused-ring (bicyclic) bond motifs is 1. The van der Waals surface area contributed by atoms with Crippen molar-refractivity contribution in [3.8, 4) is 12.3 Å². The predicted octanol–water partition coefficient (Wildman–Crippen LogP) is 2.83. The minimum Gasteiger partial charge on any atom is -0.505 e. The van der Waals surface area contributed by atoms with Gasteiger partial charge in [0.25, 0.3) is 5.91 Å². The minimum absolute atomic E-state index is 0.0131. The largest absolute Gasteiger partial charge is 0.505 e. The van der Waals surface area contributed by atoms with Gasteiger partial charge in [0.2, 0.25) is 0 Å².